The maximum Gasteiger partial charge on any atom is 0.227 e. The molecule has 5 nitrogen and oxygen atoms in total. The fourth-order valence-corrected chi connectivity index (χ4v) is 3.97. The number of nitrogens with zero attached hydrogens (tertiary/aromatic N) is 3. The molecule has 0 bridgehead atoms. The Labute approximate surface area is 150 Å². The summed E-state index contributed by atoms with van der Waals surface area (Å²) in [5.41, 5.74) is 1.01. The first kappa shape index (κ1) is 16.0. The zero-order chi connectivity index (χ0) is 17.1. The van der Waals surface area contributed by atoms with Crippen LogP contribution in [0, 0.1) is 0 Å². The third-order valence-electron chi connectivity index (χ3n) is 4.60. The molecule has 1 atom stereocenters. The molecule has 6 heteroatoms. The summed E-state index contributed by atoms with van der Waals surface area (Å²) in [4.78, 5) is 20.3. The van der Waals surface area contributed by atoms with Crippen molar-refractivity contribution in [2.24, 2.45) is 0 Å². The van der Waals surface area contributed by atoms with Gasteiger partial charge in [0, 0.05) is 29.4 Å². The highest BCUT2D eigenvalue weighted by Gasteiger charge is 2.27. The van der Waals surface area contributed by atoms with Crippen molar-refractivity contribution in [1.82, 2.24) is 20.1 Å². The average Bonchev–Trinajstić information content (AvgIpc) is 3.34. The van der Waals surface area contributed by atoms with Gasteiger partial charge in [-0.3, -0.25) is 9.89 Å². The summed E-state index contributed by atoms with van der Waals surface area (Å²) in [6.07, 6.45) is 2.53. The minimum Gasteiger partial charge on any atom is -0.342 e. The molecule has 1 aliphatic rings. The van der Waals surface area contributed by atoms with Gasteiger partial charge in [-0.05, 0) is 24.3 Å². The van der Waals surface area contributed by atoms with Crippen LogP contribution >= 0.6 is 11.3 Å². The number of aromatic nitrogens is 3. The summed E-state index contributed by atoms with van der Waals surface area (Å²) in [6, 6.07) is 14.0. The Bertz CT molecular complexity index is 828. The molecule has 1 fully saturated rings. The molecule has 0 spiro atoms. The molecule has 1 saturated heterocycles. The summed E-state index contributed by atoms with van der Waals surface area (Å²) in [5.74, 6) is 2.03. The Morgan fingerprint density at radius 3 is 2.92 bits per heavy atom. The molecule has 1 unspecified atom stereocenters. The Morgan fingerprint density at radius 2 is 2.12 bits per heavy atom. The molecule has 2 aromatic heterocycles. The number of thiophene rings is 1. The number of aromatic amines is 1. The van der Waals surface area contributed by atoms with Gasteiger partial charge in [-0.2, -0.15) is 5.10 Å². The standard InChI is InChI=1S/C19H20N4OS/c24-17(12-16-9-5-11-25-16)23-10-4-8-15(13-23)19-20-18(21-22-19)14-6-2-1-3-7-14/h1-3,5-7,9,11,15H,4,8,10,12-13H2,(H,20,21,22). The third-order valence-corrected chi connectivity index (χ3v) is 5.48. The van der Waals surface area contributed by atoms with Crippen molar-refractivity contribution in [1.29, 1.82) is 0 Å². The number of hydrogen-bond acceptors (Lipinski definition) is 4. The van der Waals surface area contributed by atoms with Crippen LogP contribution in [0.3, 0.4) is 0 Å². The lowest BCUT2D eigenvalue weighted by atomic mass is 9.97. The van der Waals surface area contributed by atoms with E-state index in [2.05, 4.69) is 15.2 Å². The Morgan fingerprint density at radius 1 is 1.24 bits per heavy atom. The van der Waals surface area contributed by atoms with Crippen LogP contribution in [0.4, 0.5) is 0 Å². The topological polar surface area (TPSA) is 61.9 Å². The largest absolute Gasteiger partial charge is 0.342 e. The summed E-state index contributed by atoms with van der Waals surface area (Å²) < 4.78 is 0. The molecule has 0 radical (unpaired) electrons. The molecule has 0 saturated carbocycles. The molecule has 25 heavy (non-hydrogen) atoms. The molecule has 0 aliphatic carbocycles. The quantitative estimate of drug-likeness (QED) is 0.782. The van der Waals surface area contributed by atoms with E-state index in [4.69, 9.17) is 0 Å². The van der Waals surface area contributed by atoms with Gasteiger partial charge in [0.2, 0.25) is 5.91 Å². The van der Waals surface area contributed by atoms with E-state index in [-0.39, 0.29) is 11.8 Å². The van der Waals surface area contributed by atoms with Crippen molar-refractivity contribution >= 4 is 17.2 Å². The molecule has 4 rings (SSSR count). The van der Waals surface area contributed by atoms with E-state index in [1.165, 1.54) is 0 Å². The molecule has 128 valence electrons. The molecular weight excluding hydrogens is 332 g/mol. The highest BCUT2D eigenvalue weighted by molar-refractivity contribution is 7.10. The molecule has 1 N–H and O–H groups in total. The zero-order valence-electron chi connectivity index (χ0n) is 13.9. The van der Waals surface area contributed by atoms with Gasteiger partial charge >= 0.3 is 0 Å². The van der Waals surface area contributed by atoms with Crippen LogP contribution in [0.2, 0.25) is 0 Å². The number of H-pyrrole nitrogens is 1. The fourth-order valence-electron chi connectivity index (χ4n) is 3.27. The Hall–Kier alpha value is -2.47. The average molecular weight is 352 g/mol. The Balaban J connectivity index is 1.44. The zero-order valence-corrected chi connectivity index (χ0v) is 14.7. The number of nitrogens with one attached hydrogen (secondary N) is 1. The minimum atomic E-state index is 0.204. The molecule has 1 amide bonds. The number of benzene rings is 1. The van der Waals surface area contributed by atoms with E-state index in [0.29, 0.717) is 13.0 Å². The predicted octanol–water partition coefficient (Wildman–Crippen LogP) is 3.48. The number of carbonyl (C=O) groups excluding carboxylic acids is 1. The van der Waals surface area contributed by atoms with Crippen molar-refractivity contribution < 1.29 is 4.79 Å². The van der Waals surface area contributed by atoms with E-state index in [1.807, 2.05) is 52.7 Å². The molecule has 1 aromatic carbocycles. The van der Waals surface area contributed by atoms with Crippen LogP contribution in [-0.2, 0) is 11.2 Å². The van der Waals surface area contributed by atoms with E-state index >= 15 is 0 Å². The first-order valence-electron chi connectivity index (χ1n) is 8.57. The van der Waals surface area contributed by atoms with Crippen molar-refractivity contribution in [3.63, 3.8) is 0 Å². The number of likely N-dealkylation sites (tertiary alicyclic amines) is 1. The summed E-state index contributed by atoms with van der Waals surface area (Å²) in [5, 5.41) is 9.45. The number of rotatable bonds is 4. The SMILES string of the molecule is O=C(Cc1cccs1)N1CCCC(c2nc(-c3ccccc3)n[nH]2)C1. The lowest BCUT2D eigenvalue weighted by molar-refractivity contribution is -0.131. The van der Waals surface area contributed by atoms with Gasteiger partial charge < -0.3 is 4.90 Å². The van der Waals surface area contributed by atoms with Crippen LogP contribution < -0.4 is 0 Å². The van der Waals surface area contributed by atoms with Gasteiger partial charge in [-0.25, -0.2) is 4.98 Å². The van der Waals surface area contributed by atoms with Crippen LogP contribution in [0.5, 0.6) is 0 Å². The number of amides is 1. The summed E-state index contributed by atoms with van der Waals surface area (Å²) >= 11 is 1.64. The second kappa shape index (κ2) is 7.19. The van der Waals surface area contributed by atoms with E-state index in [9.17, 15) is 4.79 Å². The second-order valence-corrected chi connectivity index (χ2v) is 7.38. The van der Waals surface area contributed by atoms with E-state index < -0.39 is 0 Å². The normalized spacial score (nSPS) is 17.6. The monoisotopic (exact) mass is 352 g/mol. The van der Waals surface area contributed by atoms with Crippen molar-refractivity contribution in [3.05, 3.63) is 58.5 Å². The second-order valence-electron chi connectivity index (χ2n) is 6.35. The van der Waals surface area contributed by atoms with Crippen LogP contribution in [-0.4, -0.2) is 39.1 Å². The molecule has 3 heterocycles. The van der Waals surface area contributed by atoms with Gasteiger partial charge in [0.05, 0.1) is 6.42 Å². The van der Waals surface area contributed by atoms with Crippen molar-refractivity contribution in [3.8, 4) is 11.4 Å². The maximum atomic E-state index is 12.6. The summed E-state index contributed by atoms with van der Waals surface area (Å²) in [6.45, 7) is 1.55. The van der Waals surface area contributed by atoms with E-state index in [1.54, 1.807) is 11.3 Å². The van der Waals surface area contributed by atoms with Gasteiger partial charge in [0.15, 0.2) is 5.82 Å². The van der Waals surface area contributed by atoms with Crippen LogP contribution in [0.25, 0.3) is 11.4 Å². The lowest BCUT2D eigenvalue weighted by Gasteiger charge is -2.31. The van der Waals surface area contributed by atoms with Crippen molar-refractivity contribution in [2.75, 3.05) is 13.1 Å². The minimum absolute atomic E-state index is 0.204. The number of hydrogen-bond donors (Lipinski definition) is 1. The van der Waals surface area contributed by atoms with Gasteiger partial charge in [-0.1, -0.05) is 36.4 Å². The van der Waals surface area contributed by atoms with Gasteiger partial charge in [0.1, 0.15) is 5.82 Å². The van der Waals surface area contributed by atoms with Crippen LogP contribution in [0.1, 0.15) is 29.5 Å². The first-order valence-corrected chi connectivity index (χ1v) is 9.45. The van der Waals surface area contributed by atoms with Crippen LogP contribution in [0.15, 0.2) is 47.8 Å². The molecule has 1 aliphatic heterocycles. The van der Waals surface area contributed by atoms with E-state index in [0.717, 1.165) is 41.5 Å². The maximum absolute atomic E-state index is 12.6. The lowest BCUT2D eigenvalue weighted by Crippen LogP contribution is -2.40. The van der Waals surface area contributed by atoms with Crippen molar-refractivity contribution in [2.45, 2.75) is 25.2 Å². The molecule has 3 aromatic rings. The predicted molar refractivity (Wildman–Crippen MR) is 98.4 cm³/mol. The number of carbonyl (C=O) groups is 1. The summed E-state index contributed by atoms with van der Waals surface area (Å²) in [7, 11) is 0. The smallest absolute Gasteiger partial charge is 0.227 e. The molecular formula is C19H20N4OS. The Kier molecular flexibility index (Phi) is 4.61. The highest BCUT2D eigenvalue weighted by atomic mass is 32.1. The van der Waals surface area contributed by atoms with Gasteiger partial charge in [-0.15, -0.1) is 11.3 Å². The first-order chi connectivity index (χ1) is 12.3. The fraction of sp³-hybridized carbons (Fsp3) is 0.316. The highest BCUT2D eigenvalue weighted by Crippen LogP contribution is 2.26. The number of piperidine rings is 1. The third kappa shape index (κ3) is 3.64. The van der Waals surface area contributed by atoms with Gasteiger partial charge in [0.25, 0.3) is 0 Å².